The van der Waals surface area contributed by atoms with Gasteiger partial charge in [0.05, 0.1) is 25.0 Å². The van der Waals surface area contributed by atoms with Crippen LogP contribution in [0.15, 0.2) is 15.5 Å². The van der Waals surface area contributed by atoms with E-state index in [0.717, 1.165) is 12.8 Å². The Morgan fingerprint density at radius 2 is 2.25 bits per heavy atom. The molecule has 112 valence electrons. The molecule has 2 atom stereocenters. The van der Waals surface area contributed by atoms with Gasteiger partial charge in [-0.2, -0.15) is 5.10 Å². The van der Waals surface area contributed by atoms with Crippen LogP contribution in [0, 0.1) is 5.92 Å². The van der Waals surface area contributed by atoms with E-state index in [4.69, 9.17) is 10.8 Å². The van der Waals surface area contributed by atoms with Gasteiger partial charge in [0.1, 0.15) is 4.47 Å². The van der Waals surface area contributed by atoms with E-state index in [2.05, 4.69) is 26.3 Å². The molecule has 7 heteroatoms. The largest absolute Gasteiger partial charge is 0.394 e. The van der Waals surface area contributed by atoms with Crippen molar-refractivity contribution in [3.63, 3.8) is 0 Å². The van der Waals surface area contributed by atoms with E-state index in [0.29, 0.717) is 28.7 Å². The third-order valence-electron chi connectivity index (χ3n) is 3.85. The van der Waals surface area contributed by atoms with Gasteiger partial charge in [0.25, 0.3) is 5.56 Å². The van der Waals surface area contributed by atoms with Gasteiger partial charge in [0.2, 0.25) is 0 Å². The fourth-order valence-electron chi connectivity index (χ4n) is 2.70. The van der Waals surface area contributed by atoms with Crippen molar-refractivity contribution in [2.24, 2.45) is 11.7 Å². The minimum absolute atomic E-state index is 0.107. The number of hydrogen-bond acceptors (Lipinski definition) is 5. The highest BCUT2D eigenvalue weighted by molar-refractivity contribution is 9.10. The number of nitrogens with one attached hydrogen (secondary N) is 1. The van der Waals surface area contributed by atoms with Gasteiger partial charge in [-0.25, -0.2) is 4.68 Å². The maximum absolute atomic E-state index is 12.1. The summed E-state index contributed by atoms with van der Waals surface area (Å²) in [6, 6.07) is 0.292. The number of aliphatic hydroxyl groups is 1. The fourth-order valence-corrected chi connectivity index (χ4v) is 3.12. The van der Waals surface area contributed by atoms with Crippen molar-refractivity contribution in [2.75, 3.05) is 18.5 Å². The molecule has 0 saturated heterocycles. The predicted molar refractivity (Wildman–Crippen MR) is 81.7 cm³/mol. The molecule has 1 aromatic heterocycles. The molecule has 0 bridgehead atoms. The number of aliphatic hydroxyl groups excluding tert-OH is 1. The minimum atomic E-state index is -0.232. The van der Waals surface area contributed by atoms with Crippen molar-refractivity contribution < 1.29 is 5.11 Å². The summed E-state index contributed by atoms with van der Waals surface area (Å²) in [5.74, 6) is 0.440. The Morgan fingerprint density at radius 1 is 1.50 bits per heavy atom. The number of nitrogens with zero attached hydrogens (tertiary/aromatic N) is 2. The molecule has 1 aliphatic carbocycles. The molecule has 20 heavy (non-hydrogen) atoms. The molecule has 0 spiro atoms. The highest BCUT2D eigenvalue weighted by Gasteiger charge is 2.24. The highest BCUT2D eigenvalue weighted by Crippen LogP contribution is 2.28. The predicted octanol–water partition coefficient (Wildman–Crippen LogP) is 0.927. The van der Waals surface area contributed by atoms with Gasteiger partial charge in [-0.3, -0.25) is 4.79 Å². The van der Waals surface area contributed by atoms with Gasteiger partial charge >= 0.3 is 0 Å². The first kappa shape index (κ1) is 15.5. The topological polar surface area (TPSA) is 93.2 Å². The van der Waals surface area contributed by atoms with Gasteiger partial charge in [0, 0.05) is 6.04 Å². The zero-order valence-electron chi connectivity index (χ0n) is 11.4. The van der Waals surface area contributed by atoms with E-state index >= 15 is 0 Å². The first-order valence-electron chi connectivity index (χ1n) is 7.00. The number of anilines is 1. The Balaban J connectivity index is 2.17. The van der Waals surface area contributed by atoms with Gasteiger partial charge < -0.3 is 16.2 Å². The molecule has 0 aliphatic heterocycles. The molecule has 2 rings (SSSR count). The molecule has 0 aromatic carbocycles. The van der Waals surface area contributed by atoms with E-state index in [-0.39, 0.29) is 18.7 Å². The van der Waals surface area contributed by atoms with Gasteiger partial charge in [-0.05, 0) is 41.2 Å². The number of nitrogens with two attached hydrogens (primary N) is 1. The van der Waals surface area contributed by atoms with Gasteiger partial charge in [-0.1, -0.05) is 12.8 Å². The third kappa shape index (κ3) is 3.39. The Hall–Kier alpha value is -0.920. The Bertz CT molecular complexity index is 506. The normalized spacial score (nSPS) is 22.8. The number of rotatable bonds is 5. The standard InChI is InChI=1S/C13H21BrN4O2/c14-12-11(8-16-18(5-6-19)13(12)20)17-10-4-2-1-3-9(10)7-15/h8-10,17,19H,1-7,15H2. The summed E-state index contributed by atoms with van der Waals surface area (Å²) in [5.41, 5.74) is 6.29. The molecule has 4 N–H and O–H groups in total. The maximum atomic E-state index is 12.1. The van der Waals surface area contributed by atoms with Crippen LogP contribution in [0.1, 0.15) is 25.7 Å². The highest BCUT2D eigenvalue weighted by atomic mass is 79.9. The summed E-state index contributed by atoms with van der Waals surface area (Å²) in [6.45, 7) is 0.751. The van der Waals surface area contributed by atoms with E-state index in [1.807, 2.05) is 0 Å². The molecule has 0 amide bonds. The van der Waals surface area contributed by atoms with E-state index < -0.39 is 0 Å². The minimum Gasteiger partial charge on any atom is -0.394 e. The van der Waals surface area contributed by atoms with Crippen molar-refractivity contribution in [3.8, 4) is 0 Å². The summed E-state index contributed by atoms with van der Waals surface area (Å²) in [7, 11) is 0. The smallest absolute Gasteiger partial charge is 0.283 e. The lowest BCUT2D eigenvalue weighted by Crippen LogP contribution is -2.37. The summed E-state index contributed by atoms with van der Waals surface area (Å²) in [5, 5.41) is 16.3. The molecular weight excluding hydrogens is 324 g/mol. The lowest BCUT2D eigenvalue weighted by Gasteiger charge is -2.32. The molecule has 1 aromatic rings. The summed E-state index contributed by atoms with van der Waals surface area (Å²) < 4.78 is 1.71. The second kappa shape index (κ2) is 7.19. The fraction of sp³-hybridized carbons (Fsp3) is 0.692. The molecule has 2 unspecified atom stereocenters. The van der Waals surface area contributed by atoms with Crippen LogP contribution in [0.4, 0.5) is 5.69 Å². The molecular formula is C13H21BrN4O2. The van der Waals surface area contributed by atoms with Crippen LogP contribution in [-0.2, 0) is 6.54 Å². The van der Waals surface area contributed by atoms with Crippen molar-refractivity contribution in [2.45, 2.75) is 38.3 Å². The molecule has 1 heterocycles. The lowest BCUT2D eigenvalue weighted by atomic mass is 9.84. The number of aromatic nitrogens is 2. The lowest BCUT2D eigenvalue weighted by molar-refractivity contribution is 0.266. The monoisotopic (exact) mass is 344 g/mol. The van der Waals surface area contributed by atoms with Crippen LogP contribution < -0.4 is 16.6 Å². The Morgan fingerprint density at radius 3 is 2.95 bits per heavy atom. The average Bonchev–Trinajstić information content (AvgIpc) is 2.47. The number of halogens is 1. The zero-order chi connectivity index (χ0) is 14.5. The molecule has 1 fully saturated rings. The van der Waals surface area contributed by atoms with E-state index in [9.17, 15) is 4.79 Å². The van der Waals surface area contributed by atoms with Crippen LogP contribution in [-0.4, -0.2) is 34.1 Å². The Labute approximate surface area is 126 Å². The quantitative estimate of drug-likeness (QED) is 0.738. The molecule has 0 radical (unpaired) electrons. The van der Waals surface area contributed by atoms with Crippen molar-refractivity contribution >= 4 is 21.6 Å². The summed E-state index contributed by atoms with van der Waals surface area (Å²) in [4.78, 5) is 12.1. The Kier molecular flexibility index (Phi) is 5.56. The van der Waals surface area contributed by atoms with Gasteiger partial charge in [0.15, 0.2) is 0 Å². The van der Waals surface area contributed by atoms with E-state index in [1.54, 1.807) is 6.20 Å². The average molecular weight is 345 g/mol. The maximum Gasteiger partial charge on any atom is 0.283 e. The molecule has 1 saturated carbocycles. The van der Waals surface area contributed by atoms with Crippen LogP contribution in [0.3, 0.4) is 0 Å². The van der Waals surface area contributed by atoms with Crippen LogP contribution >= 0.6 is 15.9 Å². The second-order valence-electron chi connectivity index (χ2n) is 5.16. The van der Waals surface area contributed by atoms with Crippen LogP contribution in [0.5, 0.6) is 0 Å². The molecule has 6 nitrogen and oxygen atoms in total. The SMILES string of the molecule is NCC1CCCCC1Nc1cnn(CCO)c(=O)c1Br. The van der Waals surface area contributed by atoms with Crippen molar-refractivity contribution in [3.05, 3.63) is 21.0 Å². The first-order valence-corrected chi connectivity index (χ1v) is 7.79. The summed E-state index contributed by atoms with van der Waals surface area (Å²) in [6.07, 6.45) is 6.22. The van der Waals surface area contributed by atoms with Crippen molar-refractivity contribution in [1.29, 1.82) is 0 Å². The van der Waals surface area contributed by atoms with Crippen LogP contribution in [0.2, 0.25) is 0 Å². The van der Waals surface area contributed by atoms with E-state index in [1.165, 1.54) is 17.5 Å². The number of hydrogen-bond donors (Lipinski definition) is 3. The molecule has 1 aliphatic rings. The summed E-state index contributed by atoms with van der Waals surface area (Å²) >= 11 is 3.32. The third-order valence-corrected chi connectivity index (χ3v) is 4.62. The van der Waals surface area contributed by atoms with Crippen molar-refractivity contribution in [1.82, 2.24) is 9.78 Å². The zero-order valence-corrected chi connectivity index (χ0v) is 13.0. The van der Waals surface area contributed by atoms with Gasteiger partial charge in [-0.15, -0.1) is 0 Å². The first-order chi connectivity index (χ1) is 9.67. The second-order valence-corrected chi connectivity index (χ2v) is 5.95. The van der Waals surface area contributed by atoms with Crippen LogP contribution in [0.25, 0.3) is 0 Å².